The van der Waals surface area contributed by atoms with Crippen molar-refractivity contribution in [1.29, 1.82) is 0 Å². The van der Waals surface area contributed by atoms with E-state index in [2.05, 4.69) is 0 Å². The zero-order valence-electron chi connectivity index (χ0n) is 3.10. The molecule has 0 saturated carbocycles. The smallest absolute Gasteiger partial charge is 1.00 e. The first-order chi connectivity index (χ1) is 0. The second kappa shape index (κ2) is 49.9. The molecule has 0 heterocycles. The number of hydrogen-bond donors (Lipinski definition) is 0. The van der Waals surface area contributed by atoms with E-state index in [0.717, 1.165) is 0 Å². The van der Waals surface area contributed by atoms with Crippen LogP contribution in [0.2, 0.25) is 0 Å². The minimum atomic E-state index is 0. The summed E-state index contributed by atoms with van der Waals surface area (Å²) >= 11 is 0. The van der Waals surface area contributed by atoms with Crippen LogP contribution in [0, 0.1) is 41.7 Å². The summed E-state index contributed by atoms with van der Waals surface area (Å²) in [5.74, 6) is 0. The van der Waals surface area contributed by atoms with Crippen molar-refractivity contribution in [1.82, 2.24) is 0 Å². The van der Waals surface area contributed by atoms with Crippen LogP contribution in [-0.4, -0.2) is 37.7 Å². The van der Waals surface area contributed by atoms with E-state index in [1.807, 2.05) is 0 Å². The Kier molecular flexibility index (Phi) is 481. The third kappa shape index (κ3) is 39.5. The van der Waals surface area contributed by atoms with Gasteiger partial charge >= 0.3 is 79.5 Å². The molecule has 0 saturated heterocycles. The first-order valence-corrected chi connectivity index (χ1v) is 0. The molecule has 0 spiro atoms. The van der Waals surface area contributed by atoms with Crippen LogP contribution in [0.1, 0.15) is 0 Å². The summed E-state index contributed by atoms with van der Waals surface area (Å²) in [7, 11) is 0. The molecule has 0 rings (SSSR count). The van der Waals surface area contributed by atoms with Crippen molar-refractivity contribution in [2.75, 3.05) is 0 Å². The van der Waals surface area contributed by atoms with E-state index in [1.165, 1.54) is 0 Å². The average Bonchev–Trinajstić information content (AvgIpc) is 0. The van der Waals surface area contributed by atoms with Gasteiger partial charge in [-0.15, -0.1) is 0 Å². The van der Waals surface area contributed by atoms with Gasteiger partial charge in [0.25, 0.3) is 0 Å². The average molecular weight is 357 g/mol. The van der Waals surface area contributed by atoms with Crippen molar-refractivity contribution in [3.05, 3.63) is 0 Å². The van der Waals surface area contributed by atoms with E-state index in [0.29, 0.717) is 0 Å². The molecule has 0 aliphatic carbocycles. The maximum atomic E-state index is 0. The minimum absolute atomic E-state index is 0. The molecule has 0 nitrogen and oxygen atoms in total. The van der Waals surface area contributed by atoms with Crippen LogP contribution in [0.25, 0.3) is 0 Å². The molecule has 0 aromatic carbocycles. The summed E-state index contributed by atoms with van der Waals surface area (Å²) in [6, 6.07) is 0. The molecule has 0 aliphatic rings. The van der Waals surface area contributed by atoms with Gasteiger partial charge in [0.05, 0.1) is 0 Å². The van der Waals surface area contributed by atoms with Crippen LogP contribution in [0.3, 0.4) is 0 Å². The third-order valence-corrected chi connectivity index (χ3v) is 0. The summed E-state index contributed by atoms with van der Waals surface area (Å²) in [6.45, 7) is 0. The molecule has 0 aromatic rings. The van der Waals surface area contributed by atoms with Crippen molar-refractivity contribution in [3.8, 4) is 0 Å². The second-order valence-corrected chi connectivity index (χ2v) is 0. The minimum Gasteiger partial charge on any atom is -1.00 e. The quantitative estimate of drug-likeness (QED) is 0.378. The maximum absolute atomic E-state index is 0. The molecule has 0 aromatic heterocycles. The van der Waals surface area contributed by atoms with Crippen LogP contribution in [0.4, 0.5) is 0 Å². The van der Waals surface area contributed by atoms with Crippen LogP contribution in [0.15, 0.2) is 0 Å². The zero-order chi connectivity index (χ0) is 0. The summed E-state index contributed by atoms with van der Waals surface area (Å²) in [4.78, 5) is 0. The van der Waals surface area contributed by atoms with Gasteiger partial charge in [-0.2, -0.15) is 0 Å². The molecule has 0 fully saturated rings. The molecular formula is CaCeCl5. The molecule has 0 aliphatic heterocycles. The molecule has 7 heteroatoms. The van der Waals surface area contributed by atoms with Crippen LogP contribution >= 0.6 is 0 Å². The van der Waals surface area contributed by atoms with Crippen molar-refractivity contribution in [2.24, 2.45) is 0 Å². The van der Waals surface area contributed by atoms with Crippen LogP contribution in [0.5, 0.6) is 0 Å². The first-order valence-electron chi connectivity index (χ1n) is 0. The zero-order valence-corrected chi connectivity index (χ0v) is 12.2. The van der Waals surface area contributed by atoms with Gasteiger partial charge in [0, 0.05) is 0 Å². The fourth-order valence-electron chi connectivity index (χ4n) is 0. The van der Waals surface area contributed by atoms with E-state index in [4.69, 9.17) is 0 Å². The SMILES string of the molecule is [Ca+2].[Ce+3].[Cl-].[Cl-].[Cl-].[Cl-].[Cl-]. The van der Waals surface area contributed by atoms with Gasteiger partial charge in [-0.05, 0) is 0 Å². The van der Waals surface area contributed by atoms with Crippen molar-refractivity contribution in [2.45, 2.75) is 0 Å². The van der Waals surface area contributed by atoms with Gasteiger partial charge in [0.1, 0.15) is 0 Å². The fourth-order valence-corrected chi connectivity index (χ4v) is 0. The third-order valence-electron chi connectivity index (χ3n) is 0. The second-order valence-electron chi connectivity index (χ2n) is 0. The van der Waals surface area contributed by atoms with Crippen LogP contribution < -0.4 is 62.0 Å². The normalized spacial score (nSPS) is 0. The van der Waals surface area contributed by atoms with Gasteiger partial charge < -0.3 is 62.0 Å². The van der Waals surface area contributed by atoms with E-state index < -0.39 is 0 Å². The Bertz CT molecular complexity index is 8.04. The Morgan fingerprint density at radius 3 is 0.429 bits per heavy atom. The molecule has 0 amide bonds. The molecule has 0 bridgehead atoms. The van der Waals surface area contributed by atoms with Crippen molar-refractivity contribution < 1.29 is 104 Å². The van der Waals surface area contributed by atoms with Crippen LogP contribution in [-0.2, 0) is 0 Å². The van der Waals surface area contributed by atoms with Gasteiger partial charge in [-0.25, -0.2) is 0 Å². The molecule has 0 atom stereocenters. The molecule has 7 heavy (non-hydrogen) atoms. The predicted octanol–water partition coefficient (Wildman–Crippen LogP) is -15.4. The molecular weight excluding hydrogens is 357 g/mol. The fraction of sp³-hybridized carbons (Fsp3) is 0. The topological polar surface area (TPSA) is 0 Å². The van der Waals surface area contributed by atoms with Crippen molar-refractivity contribution in [3.63, 3.8) is 0 Å². The molecule has 41 valence electrons. The van der Waals surface area contributed by atoms with Gasteiger partial charge in [-0.3, -0.25) is 0 Å². The standard InChI is InChI=1S/Ca.Ce.5ClH/h;;5*1H/q+2;+3;;;;;/p-5. The van der Waals surface area contributed by atoms with Gasteiger partial charge in [0.15, 0.2) is 0 Å². The molecule has 1 radical (unpaired) electrons. The van der Waals surface area contributed by atoms with E-state index >= 15 is 0 Å². The monoisotopic (exact) mass is 355 g/mol. The number of rotatable bonds is 0. The molecule has 0 N–H and O–H groups in total. The number of halogens is 5. The Morgan fingerprint density at radius 1 is 0.429 bits per heavy atom. The van der Waals surface area contributed by atoms with Gasteiger partial charge in [-0.1, -0.05) is 0 Å². The Hall–Kier alpha value is 4.09. The Labute approximate surface area is 138 Å². The summed E-state index contributed by atoms with van der Waals surface area (Å²) in [5, 5.41) is 0. The molecule has 0 unspecified atom stereocenters. The maximum Gasteiger partial charge on any atom is 3.00 e. The van der Waals surface area contributed by atoms with E-state index in [9.17, 15) is 0 Å². The van der Waals surface area contributed by atoms with E-state index in [-0.39, 0.29) is 142 Å². The summed E-state index contributed by atoms with van der Waals surface area (Å²) < 4.78 is 0. The largest absolute Gasteiger partial charge is 3.00 e. The van der Waals surface area contributed by atoms with E-state index in [1.54, 1.807) is 0 Å². The summed E-state index contributed by atoms with van der Waals surface area (Å²) in [5.41, 5.74) is 0. The predicted molar refractivity (Wildman–Crippen MR) is 5.75 cm³/mol. The Balaban J connectivity index is 0. The summed E-state index contributed by atoms with van der Waals surface area (Å²) in [6.07, 6.45) is 0. The van der Waals surface area contributed by atoms with Crippen molar-refractivity contribution >= 4 is 37.7 Å². The Morgan fingerprint density at radius 2 is 0.429 bits per heavy atom. The first kappa shape index (κ1) is 67.5. The number of hydrogen-bond acceptors (Lipinski definition) is 0. The van der Waals surface area contributed by atoms with Gasteiger partial charge in [0.2, 0.25) is 0 Å².